The lowest BCUT2D eigenvalue weighted by Crippen LogP contribution is -2.17. The number of para-hydroxylation sites is 1. The summed E-state index contributed by atoms with van der Waals surface area (Å²) >= 11 is 0. The van der Waals surface area contributed by atoms with Crippen molar-refractivity contribution in [3.63, 3.8) is 0 Å². The van der Waals surface area contributed by atoms with Gasteiger partial charge in [0.25, 0.3) is 0 Å². The molecular formula is C18H13F3N2O3. The maximum absolute atomic E-state index is 12.6. The molecule has 5 nitrogen and oxygen atoms in total. The Bertz CT molecular complexity index is 964. The van der Waals surface area contributed by atoms with Crippen LogP contribution in [-0.2, 0) is 0 Å². The Morgan fingerprint density at radius 2 is 1.85 bits per heavy atom. The number of carbonyl (C=O) groups is 1. The van der Waals surface area contributed by atoms with Gasteiger partial charge in [-0.3, -0.25) is 0 Å². The highest BCUT2D eigenvalue weighted by Crippen LogP contribution is 2.34. The summed E-state index contributed by atoms with van der Waals surface area (Å²) in [7, 11) is 0. The molecule has 0 bridgehead atoms. The monoisotopic (exact) mass is 362 g/mol. The number of carboxylic acid groups (broad SMARTS) is 1. The molecule has 0 spiro atoms. The fourth-order valence-corrected chi connectivity index (χ4v) is 2.56. The molecule has 8 heteroatoms. The standard InChI is InChI=1S/C18H13F3N2O3/c1-11-9-15(17(24)25)22-23(11)13-6-4-5-12(10-13)14-7-2-3-8-16(14)26-18(19,20)21/h2-10H,1H3,(H,24,25). The minimum atomic E-state index is -4.80. The SMILES string of the molecule is Cc1cc(C(=O)O)nn1-c1cccc(-c2ccccc2OC(F)(F)F)c1. The van der Waals surface area contributed by atoms with E-state index in [2.05, 4.69) is 9.84 Å². The van der Waals surface area contributed by atoms with Gasteiger partial charge in [0, 0.05) is 11.3 Å². The van der Waals surface area contributed by atoms with Gasteiger partial charge in [-0.2, -0.15) is 5.10 Å². The Morgan fingerprint density at radius 1 is 1.12 bits per heavy atom. The largest absolute Gasteiger partial charge is 0.573 e. The van der Waals surface area contributed by atoms with E-state index in [1.54, 1.807) is 37.3 Å². The van der Waals surface area contributed by atoms with Crippen LogP contribution in [0.25, 0.3) is 16.8 Å². The zero-order valence-corrected chi connectivity index (χ0v) is 13.5. The lowest BCUT2D eigenvalue weighted by Gasteiger charge is -2.14. The van der Waals surface area contributed by atoms with Crippen LogP contribution in [0.4, 0.5) is 13.2 Å². The molecule has 0 saturated heterocycles. The number of rotatable bonds is 4. The Labute approximate surface area is 146 Å². The summed E-state index contributed by atoms with van der Waals surface area (Å²) in [5, 5.41) is 13.0. The van der Waals surface area contributed by atoms with Crippen molar-refractivity contribution in [1.29, 1.82) is 0 Å². The zero-order chi connectivity index (χ0) is 18.9. The highest BCUT2D eigenvalue weighted by Gasteiger charge is 2.32. The summed E-state index contributed by atoms with van der Waals surface area (Å²) in [6, 6.07) is 13.8. The van der Waals surface area contributed by atoms with Crippen LogP contribution in [0.2, 0.25) is 0 Å². The molecule has 1 heterocycles. The second kappa shape index (κ2) is 6.55. The summed E-state index contributed by atoms with van der Waals surface area (Å²) in [6.07, 6.45) is -4.80. The van der Waals surface area contributed by atoms with E-state index in [1.165, 1.54) is 28.9 Å². The fourth-order valence-electron chi connectivity index (χ4n) is 2.56. The number of aromatic nitrogens is 2. The van der Waals surface area contributed by atoms with Crippen LogP contribution in [-0.4, -0.2) is 27.2 Å². The molecule has 0 amide bonds. The third kappa shape index (κ3) is 3.69. The maximum atomic E-state index is 12.6. The lowest BCUT2D eigenvalue weighted by molar-refractivity contribution is -0.274. The van der Waals surface area contributed by atoms with Crippen LogP contribution in [0, 0.1) is 6.92 Å². The molecule has 134 valence electrons. The van der Waals surface area contributed by atoms with Gasteiger partial charge >= 0.3 is 12.3 Å². The van der Waals surface area contributed by atoms with Crippen LogP contribution < -0.4 is 4.74 Å². The Morgan fingerprint density at radius 3 is 2.50 bits per heavy atom. The molecule has 0 aliphatic heterocycles. The molecule has 0 radical (unpaired) electrons. The molecule has 0 aliphatic carbocycles. The number of ether oxygens (including phenoxy) is 1. The minimum Gasteiger partial charge on any atom is -0.476 e. The van der Waals surface area contributed by atoms with Gasteiger partial charge in [-0.25, -0.2) is 9.48 Å². The normalized spacial score (nSPS) is 11.4. The molecule has 0 saturated carbocycles. The van der Waals surface area contributed by atoms with Crippen molar-refractivity contribution in [3.8, 4) is 22.6 Å². The smallest absolute Gasteiger partial charge is 0.476 e. The Kier molecular flexibility index (Phi) is 4.41. The molecule has 0 aliphatic rings. The molecule has 3 rings (SSSR count). The second-order valence-corrected chi connectivity index (χ2v) is 5.48. The summed E-state index contributed by atoms with van der Waals surface area (Å²) in [4.78, 5) is 11.1. The van der Waals surface area contributed by atoms with Gasteiger partial charge in [0.2, 0.25) is 0 Å². The van der Waals surface area contributed by atoms with Crippen LogP contribution in [0.1, 0.15) is 16.2 Å². The van der Waals surface area contributed by atoms with Gasteiger partial charge in [-0.1, -0.05) is 30.3 Å². The molecule has 0 fully saturated rings. The van der Waals surface area contributed by atoms with E-state index in [1.807, 2.05) is 0 Å². The van der Waals surface area contributed by atoms with Crippen LogP contribution >= 0.6 is 0 Å². The van der Waals surface area contributed by atoms with Gasteiger partial charge in [0.1, 0.15) is 5.75 Å². The summed E-state index contributed by atoms with van der Waals surface area (Å²) < 4.78 is 43.4. The van der Waals surface area contributed by atoms with Gasteiger partial charge < -0.3 is 9.84 Å². The third-order valence-electron chi connectivity index (χ3n) is 3.62. The van der Waals surface area contributed by atoms with Crippen molar-refractivity contribution >= 4 is 5.97 Å². The molecule has 26 heavy (non-hydrogen) atoms. The number of aromatic carboxylic acids is 1. The number of alkyl halides is 3. The number of hydrogen-bond acceptors (Lipinski definition) is 3. The van der Waals surface area contributed by atoms with Crippen molar-refractivity contribution < 1.29 is 27.8 Å². The minimum absolute atomic E-state index is 0.117. The van der Waals surface area contributed by atoms with Crippen molar-refractivity contribution in [2.45, 2.75) is 13.3 Å². The molecule has 1 N–H and O–H groups in total. The van der Waals surface area contributed by atoms with E-state index < -0.39 is 12.3 Å². The molecule has 0 unspecified atom stereocenters. The first kappa shape index (κ1) is 17.5. The number of nitrogens with zero attached hydrogens (tertiary/aromatic N) is 2. The number of carboxylic acids is 1. The average Bonchev–Trinajstić information content (AvgIpc) is 2.96. The molecule has 2 aromatic carbocycles. The first-order chi connectivity index (χ1) is 12.2. The van der Waals surface area contributed by atoms with Gasteiger partial charge in [0.05, 0.1) is 5.69 Å². The topological polar surface area (TPSA) is 64.3 Å². The molecule has 0 atom stereocenters. The summed E-state index contributed by atoms with van der Waals surface area (Å²) in [5.41, 5.74) is 1.73. The van der Waals surface area contributed by atoms with Gasteiger partial charge in [0.15, 0.2) is 5.69 Å². The second-order valence-electron chi connectivity index (χ2n) is 5.48. The van der Waals surface area contributed by atoms with Crippen molar-refractivity contribution in [3.05, 3.63) is 66.0 Å². The summed E-state index contributed by atoms with van der Waals surface area (Å²) in [5.74, 6) is -1.48. The highest BCUT2D eigenvalue weighted by molar-refractivity contribution is 5.85. The van der Waals surface area contributed by atoms with Crippen molar-refractivity contribution in [1.82, 2.24) is 9.78 Å². The highest BCUT2D eigenvalue weighted by atomic mass is 19.4. The van der Waals surface area contributed by atoms with E-state index >= 15 is 0 Å². The Hall–Kier alpha value is -3.29. The number of benzene rings is 2. The molecule has 3 aromatic rings. The van der Waals surface area contributed by atoms with Crippen molar-refractivity contribution in [2.75, 3.05) is 0 Å². The first-order valence-corrected chi connectivity index (χ1v) is 7.50. The van der Waals surface area contributed by atoms with E-state index in [0.29, 0.717) is 16.9 Å². The number of aryl methyl sites for hydroxylation is 1. The fraction of sp³-hybridized carbons (Fsp3) is 0.111. The number of hydrogen-bond donors (Lipinski definition) is 1. The van der Waals surface area contributed by atoms with Gasteiger partial charge in [-0.15, -0.1) is 13.2 Å². The van der Waals surface area contributed by atoms with Crippen LogP contribution in [0.15, 0.2) is 54.6 Å². The van der Waals surface area contributed by atoms with Crippen LogP contribution in [0.5, 0.6) is 5.75 Å². The Balaban J connectivity index is 2.05. The zero-order valence-electron chi connectivity index (χ0n) is 13.5. The van der Waals surface area contributed by atoms with Crippen LogP contribution in [0.3, 0.4) is 0 Å². The number of halogens is 3. The summed E-state index contributed by atoms with van der Waals surface area (Å²) in [6.45, 7) is 1.69. The molecular weight excluding hydrogens is 349 g/mol. The quantitative estimate of drug-likeness (QED) is 0.745. The third-order valence-corrected chi connectivity index (χ3v) is 3.62. The average molecular weight is 362 g/mol. The maximum Gasteiger partial charge on any atom is 0.573 e. The van der Waals surface area contributed by atoms with E-state index in [-0.39, 0.29) is 17.0 Å². The lowest BCUT2D eigenvalue weighted by atomic mass is 10.0. The predicted molar refractivity (Wildman–Crippen MR) is 87.4 cm³/mol. The van der Waals surface area contributed by atoms with E-state index in [9.17, 15) is 18.0 Å². The first-order valence-electron chi connectivity index (χ1n) is 7.50. The van der Waals surface area contributed by atoms with E-state index in [4.69, 9.17) is 5.11 Å². The van der Waals surface area contributed by atoms with Gasteiger partial charge in [-0.05, 0) is 36.8 Å². The predicted octanol–water partition coefficient (Wildman–Crippen LogP) is 4.44. The van der Waals surface area contributed by atoms with E-state index in [0.717, 1.165) is 0 Å². The molecule has 1 aromatic heterocycles. The van der Waals surface area contributed by atoms with Crippen molar-refractivity contribution in [2.24, 2.45) is 0 Å².